The van der Waals surface area contributed by atoms with Crippen molar-refractivity contribution < 1.29 is 19.2 Å². The Bertz CT molecular complexity index is 842. The molecule has 0 radical (unpaired) electrons. The van der Waals surface area contributed by atoms with Gasteiger partial charge in [0.05, 0.1) is 0 Å². The Morgan fingerprint density at radius 3 is 2.59 bits per heavy atom. The number of nitrogens with zero attached hydrogens (tertiary/aromatic N) is 2. The zero-order chi connectivity index (χ0) is 20.6. The van der Waals surface area contributed by atoms with E-state index < -0.39 is 23.5 Å². The van der Waals surface area contributed by atoms with Gasteiger partial charge in [0.2, 0.25) is 23.6 Å². The van der Waals surface area contributed by atoms with Crippen LogP contribution in [0.15, 0.2) is 30.3 Å². The van der Waals surface area contributed by atoms with Crippen LogP contribution in [0.4, 0.5) is 0 Å². The molecule has 8 heteroatoms. The predicted octanol–water partition coefficient (Wildman–Crippen LogP) is -0.0449. The molecule has 0 aliphatic carbocycles. The zero-order valence-corrected chi connectivity index (χ0v) is 16.3. The number of hydrogen-bond donors (Lipinski definition) is 2. The van der Waals surface area contributed by atoms with Crippen molar-refractivity contribution in [3.05, 3.63) is 35.9 Å². The number of rotatable bonds is 5. The summed E-state index contributed by atoms with van der Waals surface area (Å²) in [5.74, 6) is -1.08. The quantitative estimate of drug-likeness (QED) is 0.724. The van der Waals surface area contributed by atoms with E-state index in [1.807, 2.05) is 30.3 Å². The first kappa shape index (κ1) is 19.4. The Labute approximate surface area is 169 Å². The highest BCUT2D eigenvalue weighted by atomic mass is 16.2. The molecule has 3 aliphatic heterocycles. The number of likely N-dealkylation sites (tertiary alicyclic amines) is 2. The summed E-state index contributed by atoms with van der Waals surface area (Å²) in [6.45, 7) is 0.860. The van der Waals surface area contributed by atoms with Crippen LogP contribution in [0.25, 0.3) is 0 Å². The highest BCUT2D eigenvalue weighted by Crippen LogP contribution is 2.34. The summed E-state index contributed by atoms with van der Waals surface area (Å²) in [6, 6.07) is 8.17. The van der Waals surface area contributed by atoms with E-state index in [4.69, 9.17) is 5.73 Å². The van der Waals surface area contributed by atoms with Crippen LogP contribution in [0.5, 0.6) is 0 Å². The van der Waals surface area contributed by atoms with Crippen molar-refractivity contribution in [2.75, 3.05) is 13.1 Å². The van der Waals surface area contributed by atoms with Crippen LogP contribution in [-0.4, -0.2) is 64.1 Å². The highest BCUT2D eigenvalue weighted by Gasteiger charge is 2.54. The standard InChI is InChI=1S/C21H26N4O4/c22-18(27)15-7-4-11-24(15)19(28)16(13-14-5-2-1-3-6-14)25-12-10-21(20(25)29)9-8-17(26)23-21/h1-3,5-6,15-16H,4,7-13H2,(H2,22,27)(H,23,26)/t15-,16-,21+/m0/s1. The minimum Gasteiger partial charge on any atom is -0.368 e. The molecule has 0 unspecified atom stereocenters. The van der Waals surface area contributed by atoms with Crippen LogP contribution in [0, 0.1) is 0 Å². The fourth-order valence-electron chi connectivity index (χ4n) is 4.84. The summed E-state index contributed by atoms with van der Waals surface area (Å²) in [5.41, 5.74) is 5.55. The average molecular weight is 398 g/mol. The van der Waals surface area contributed by atoms with Crippen molar-refractivity contribution in [1.29, 1.82) is 0 Å². The fourth-order valence-corrected chi connectivity index (χ4v) is 4.84. The van der Waals surface area contributed by atoms with Crippen LogP contribution in [0.3, 0.4) is 0 Å². The van der Waals surface area contributed by atoms with E-state index in [2.05, 4.69) is 5.32 Å². The van der Waals surface area contributed by atoms with Gasteiger partial charge in [-0.1, -0.05) is 30.3 Å². The lowest BCUT2D eigenvalue weighted by atomic mass is 9.95. The Morgan fingerprint density at radius 1 is 1.17 bits per heavy atom. The molecule has 154 valence electrons. The molecule has 4 amide bonds. The Balaban J connectivity index is 1.62. The number of primary amides is 1. The maximum Gasteiger partial charge on any atom is 0.249 e. The molecule has 3 saturated heterocycles. The van der Waals surface area contributed by atoms with Crippen LogP contribution in [-0.2, 0) is 25.6 Å². The van der Waals surface area contributed by atoms with E-state index in [1.165, 1.54) is 4.90 Å². The summed E-state index contributed by atoms with van der Waals surface area (Å²) >= 11 is 0. The second-order valence-electron chi connectivity index (χ2n) is 8.18. The van der Waals surface area contributed by atoms with Crippen LogP contribution in [0.2, 0.25) is 0 Å². The Hall–Kier alpha value is -2.90. The molecule has 1 spiro atoms. The fraction of sp³-hybridized carbons (Fsp3) is 0.524. The van der Waals surface area contributed by atoms with E-state index >= 15 is 0 Å². The first-order valence-electron chi connectivity index (χ1n) is 10.2. The van der Waals surface area contributed by atoms with Gasteiger partial charge in [0.15, 0.2) is 0 Å². The van der Waals surface area contributed by atoms with Crippen LogP contribution >= 0.6 is 0 Å². The van der Waals surface area contributed by atoms with Gasteiger partial charge >= 0.3 is 0 Å². The second kappa shape index (κ2) is 7.50. The molecular formula is C21H26N4O4. The monoisotopic (exact) mass is 398 g/mol. The third-order valence-electron chi connectivity index (χ3n) is 6.40. The number of benzene rings is 1. The third-order valence-corrected chi connectivity index (χ3v) is 6.40. The summed E-state index contributed by atoms with van der Waals surface area (Å²) in [5, 5.41) is 2.83. The number of carbonyl (C=O) groups is 4. The van der Waals surface area contributed by atoms with Gasteiger partial charge in [0.25, 0.3) is 0 Å². The first-order valence-corrected chi connectivity index (χ1v) is 10.2. The molecule has 4 rings (SSSR count). The minimum atomic E-state index is -0.888. The Morgan fingerprint density at radius 2 is 1.93 bits per heavy atom. The molecule has 0 bridgehead atoms. The van der Waals surface area contributed by atoms with Crippen molar-refractivity contribution in [3.8, 4) is 0 Å². The maximum atomic E-state index is 13.5. The van der Waals surface area contributed by atoms with Crippen molar-refractivity contribution in [3.63, 3.8) is 0 Å². The molecule has 0 saturated carbocycles. The largest absolute Gasteiger partial charge is 0.368 e. The molecule has 3 aliphatic rings. The lowest BCUT2D eigenvalue weighted by Gasteiger charge is -2.33. The average Bonchev–Trinajstić information content (AvgIpc) is 3.41. The van der Waals surface area contributed by atoms with Crippen molar-refractivity contribution in [2.45, 2.75) is 56.1 Å². The van der Waals surface area contributed by atoms with Gasteiger partial charge in [-0.15, -0.1) is 0 Å². The lowest BCUT2D eigenvalue weighted by Crippen LogP contribution is -2.57. The van der Waals surface area contributed by atoms with Gasteiger partial charge < -0.3 is 20.9 Å². The van der Waals surface area contributed by atoms with Gasteiger partial charge in [-0.2, -0.15) is 0 Å². The highest BCUT2D eigenvalue weighted by molar-refractivity contribution is 5.99. The molecule has 3 N–H and O–H groups in total. The molecule has 3 heterocycles. The normalized spacial score (nSPS) is 27.5. The summed E-state index contributed by atoms with van der Waals surface area (Å²) < 4.78 is 0. The molecule has 8 nitrogen and oxygen atoms in total. The molecule has 1 aromatic carbocycles. The van der Waals surface area contributed by atoms with E-state index in [0.29, 0.717) is 51.6 Å². The van der Waals surface area contributed by atoms with Crippen molar-refractivity contribution in [1.82, 2.24) is 15.1 Å². The van der Waals surface area contributed by atoms with E-state index in [1.54, 1.807) is 4.90 Å². The number of amides is 4. The topological polar surface area (TPSA) is 113 Å². The minimum absolute atomic E-state index is 0.125. The number of hydrogen-bond acceptors (Lipinski definition) is 4. The van der Waals surface area contributed by atoms with Gasteiger partial charge in [0.1, 0.15) is 17.6 Å². The van der Waals surface area contributed by atoms with Gasteiger partial charge in [-0.3, -0.25) is 19.2 Å². The zero-order valence-electron chi connectivity index (χ0n) is 16.3. The molecule has 1 aromatic rings. The molecule has 29 heavy (non-hydrogen) atoms. The summed E-state index contributed by atoms with van der Waals surface area (Å²) in [7, 11) is 0. The molecule has 3 fully saturated rings. The molecule has 3 atom stereocenters. The molecular weight excluding hydrogens is 372 g/mol. The van der Waals surface area contributed by atoms with Crippen LogP contribution in [0.1, 0.15) is 37.7 Å². The number of nitrogens with one attached hydrogen (secondary N) is 1. The van der Waals surface area contributed by atoms with Gasteiger partial charge in [-0.05, 0) is 31.2 Å². The predicted molar refractivity (Wildman–Crippen MR) is 104 cm³/mol. The molecule has 0 aromatic heterocycles. The van der Waals surface area contributed by atoms with E-state index in [9.17, 15) is 19.2 Å². The van der Waals surface area contributed by atoms with Crippen molar-refractivity contribution in [2.24, 2.45) is 5.73 Å². The second-order valence-corrected chi connectivity index (χ2v) is 8.18. The maximum absolute atomic E-state index is 13.5. The summed E-state index contributed by atoms with van der Waals surface area (Å²) in [4.78, 5) is 53.5. The third kappa shape index (κ3) is 3.47. The van der Waals surface area contributed by atoms with Gasteiger partial charge in [-0.25, -0.2) is 0 Å². The SMILES string of the molecule is NC(=O)[C@@H]1CCCN1C(=O)[C@H](Cc1ccccc1)N1CC[C@]2(CCC(=O)N2)C1=O. The summed E-state index contributed by atoms with van der Waals surface area (Å²) in [6.07, 6.45) is 2.90. The number of carbonyl (C=O) groups excluding carboxylic acids is 4. The first-order chi connectivity index (χ1) is 13.9. The number of nitrogens with two attached hydrogens (primary N) is 1. The van der Waals surface area contributed by atoms with E-state index in [0.717, 1.165) is 5.56 Å². The Kier molecular flexibility index (Phi) is 5.02. The van der Waals surface area contributed by atoms with Crippen LogP contribution < -0.4 is 11.1 Å². The van der Waals surface area contributed by atoms with E-state index in [-0.39, 0.29) is 17.7 Å². The van der Waals surface area contributed by atoms with Crippen molar-refractivity contribution >= 4 is 23.6 Å². The lowest BCUT2D eigenvalue weighted by molar-refractivity contribution is -0.147. The smallest absolute Gasteiger partial charge is 0.249 e. The van der Waals surface area contributed by atoms with Gasteiger partial charge in [0, 0.05) is 25.9 Å².